The van der Waals surface area contributed by atoms with Gasteiger partial charge in [0.2, 0.25) is 11.0 Å². The largest absolute Gasteiger partial charge is 0.345 e. The van der Waals surface area contributed by atoms with Crippen molar-refractivity contribution in [3.63, 3.8) is 0 Å². The van der Waals surface area contributed by atoms with Gasteiger partial charge in [-0.05, 0) is 43.4 Å². The number of fused-ring (bicyclic) bond motifs is 2. The van der Waals surface area contributed by atoms with Gasteiger partial charge in [0.25, 0.3) is 0 Å². The maximum absolute atomic E-state index is 12.6. The van der Waals surface area contributed by atoms with Crippen LogP contribution in [0, 0.1) is 16.7 Å². The summed E-state index contributed by atoms with van der Waals surface area (Å²) in [6.07, 6.45) is 7.48. The zero-order valence-corrected chi connectivity index (χ0v) is 13.6. The highest BCUT2D eigenvalue weighted by atomic mass is 32.1. The highest BCUT2D eigenvalue weighted by Crippen LogP contribution is 2.56. The first-order chi connectivity index (χ1) is 10.7. The van der Waals surface area contributed by atoms with E-state index in [1.54, 1.807) is 16.8 Å². The summed E-state index contributed by atoms with van der Waals surface area (Å²) < 4.78 is 0. The number of rotatable bonds is 3. The molecule has 4 aliphatic rings. The Hall–Kier alpha value is -1.17. The molecule has 6 heteroatoms. The van der Waals surface area contributed by atoms with Crippen LogP contribution >= 0.6 is 11.3 Å². The number of hydrogen-bond donors (Lipinski definition) is 0. The predicted molar refractivity (Wildman–Crippen MR) is 84.8 cm³/mol. The lowest BCUT2D eigenvalue weighted by atomic mass is 9.72. The summed E-state index contributed by atoms with van der Waals surface area (Å²) in [5, 5.41) is 9.05. The summed E-state index contributed by atoms with van der Waals surface area (Å²) in [5.41, 5.74) is 2.53. The minimum absolute atomic E-state index is 0.354. The topological polar surface area (TPSA) is 49.3 Å². The van der Waals surface area contributed by atoms with E-state index < -0.39 is 0 Å². The maximum Gasteiger partial charge on any atom is 0.223 e. The monoisotopic (exact) mass is 318 g/mol. The smallest absolute Gasteiger partial charge is 0.223 e. The molecule has 2 aliphatic carbocycles. The third-order valence-electron chi connectivity index (χ3n) is 6.49. The van der Waals surface area contributed by atoms with E-state index in [0.29, 0.717) is 16.7 Å². The van der Waals surface area contributed by atoms with Crippen molar-refractivity contribution in [3.8, 4) is 0 Å². The molecule has 2 aliphatic heterocycles. The Kier molecular flexibility index (Phi) is 2.68. The minimum atomic E-state index is 0.354. The third kappa shape index (κ3) is 1.92. The molecule has 0 atom stereocenters. The number of anilines is 1. The summed E-state index contributed by atoms with van der Waals surface area (Å²) in [6.45, 7) is 4.00. The van der Waals surface area contributed by atoms with E-state index in [0.717, 1.165) is 43.6 Å². The molecule has 2 saturated carbocycles. The standard InChI is InChI=1S/C16H22N4OS/c21-13(6-15-3-1-12(5-15)2-4-15)19-7-16(8-19)9-20(10-16)14-18-17-11-22-14/h11-12H,1-10H2. The number of nitrogens with zero attached hydrogens (tertiary/aromatic N) is 4. The fourth-order valence-electron chi connectivity index (χ4n) is 5.34. The zero-order chi connectivity index (χ0) is 14.8. The van der Waals surface area contributed by atoms with Gasteiger partial charge in [-0.3, -0.25) is 4.79 Å². The third-order valence-corrected chi connectivity index (χ3v) is 7.24. The van der Waals surface area contributed by atoms with Crippen LogP contribution in [-0.2, 0) is 4.79 Å². The molecular formula is C16H22N4OS. The van der Waals surface area contributed by atoms with Crippen molar-refractivity contribution < 1.29 is 4.79 Å². The van der Waals surface area contributed by atoms with Crippen molar-refractivity contribution in [3.05, 3.63) is 5.51 Å². The molecule has 0 unspecified atom stereocenters. The Balaban J connectivity index is 1.15. The van der Waals surface area contributed by atoms with Crippen LogP contribution in [0.4, 0.5) is 5.13 Å². The summed E-state index contributed by atoms with van der Waals surface area (Å²) in [6, 6.07) is 0. The van der Waals surface area contributed by atoms with Gasteiger partial charge in [0.1, 0.15) is 5.51 Å². The van der Waals surface area contributed by atoms with Gasteiger partial charge < -0.3 is 9.80 Å². The fraction of sp³-hybridized carbons (Fsp3) is 0.812. The summed E-state index contributed by atoms with van der Waals surface area (Å²) in [7, 11) is 0. The lowest BCUT2D eigenvalue weighted by molar-refractivity contribution is -0.147. The lowest BCUT2D eigenvalue weighted by Crippen LogP contribution is -2.73. The first kappa shape index (κ1) is 13.3. The molecule has 5 rings (SSSR count). The first-order valence-corrected chi connectivity index (χ1v) is 9.32. The zero-order valence-electron chi connectivity index (χ0n) is 12.8. The molecule has 5 nitrogen and oxygen atoms in total. The van der Waals surface area contributed by atoms with E-state index in [-0.39, 0.29) is 0 Å². The van der Waals surface area contributed by atoms with Gasteiger partial charge in [-0.2, -0.15) is 0 Å². The van der Waals surface area contributed by atoms with E-state index in [1.165, 1.54) is 32.1 Å². The second-order valence-corrected chi connectivity index (χ2v) is 8.96. The highest BCUT2D eigenvalue weighted by Gasteiger charge is 2.55. The van der Waals surface area contributed by atoms with E-state index in [2.05, 4.69) is 20.0 Å². The van der Waals surface area contributed by atoms with Crippen LogP contribution in [0.5, 0.6) is 0 Å². The number of aromatic nitrogens is 2. The van der Waals surface area contributed by atoms with Gasteiger partial charge in [-0.25, -0.2) is 0 Å². The molecule has 1 spiro atoms. The quantitative estimate of drug-likeness (QED) is 0.857. The van der Waals surface area contributed by atoms with Crippen molar-refractivity contribution in [2.75, 3.05) is 31.1 Å². The average Bonchev–Trinajstić information content (AvgIpc) is 3.11. The van der Waals surface area contributed by atoms with E-state index in [1.807, 2.05) is 0 Å². The summed E-state index contributed by atoms with van der Waals surface area (Å²) in [4.78, 5) is 17.0. The number of carbonyl (C=O) groups is 1. The molecule has 0 aromatic carbocycles. The maximum atomic E-state index is 12.6. The van der Waals surface area contributed by atoms with Gasteiger partial charge >= 0.3 is 0 Å². The van der Waals surface area contributed by atoms with Gasteiger partial charge in [-0.15, -0.1) is 10.2 Å². The molecule has 118 valence electrons. The summed E-state index contributed by atoms with van der Waals surface area (Å²) >= 11 is 1.60. The highest BCUT2D eigenvalue weighted by molar-refractivity contribution is 7.13. The van der Waals surface area contributed by atoms with Crippen molar-refractivity contribution >= 4 is 22.4 Å². The number of likely N-dealkylation sites (tertiary alicyclic amines) is 1. The Bertz CT molecular complexity index is 579. The van der Waals surface area contributed by atoms with Crippen molar-refractivity contribution in [1.29, 1.82) is 0 Å². The molecule has 1 aromatic rings. The Morgan fingerprint density at radius 3 is 2.64 bits per heavy atom. The van der Waals surface area contributed by atoms with Gasteiger partial charge in [0, 0.05) is 38.0 Å². The van der Waals surface area contributed by atoms with Crippen LogP contribution in [0.1, 0.15) is 38.5 Å². The average molecular weight is 318 g/mol. The van der Waals surface area contributed by atoms with Crippen LogP contribution in [0.3, 0.4) is 0 Å². The van der Waals surface area contributed by atoms with E-state index in [4.69, 9.17) is 0 Å². The fourth-order valence-corrected chi connectivity index (χ4v) is 5.90. The van der Waals surface area contributed by atoms with Crippen LogP contribution < -0.4 is 4.90 Å². The summed E-state index contributed by atoms with van der Waals surface area (Å²) in [5.74, 6) is 1.35. The molecule has 3 heterocycles. The number of carbonyl (C=O) groups excluding carboxylic acids is 1. The Morgan fingerprint density at radius 1 is 1.27 bits per heavy atom. The van der Waals surface area contributed by atoms with Crippen LogP contribution in [-0.4, -0.2) is 47.2 Å². The number of hydrogen-bond acceptors (Lipinski definition) is 5. The predicted octanol–water partition coefficient (Wildman–Crippen LogP) is 2.16. The molecule has 22 heavy (non-hydrogen) atoms. The molecular weight excluding hydrogens is 296 g/mol. The van der Waals surface area contributed by atoms with Gasteiger partial charge in [0.05, 0.1) is 0 Å². The second-order valence-electron chi connectivity index (χ2n) is 8.15. The van der Waals surface area contributed by atoms with Crippen LogP contribution in [0.15, 0.2) is 5.51 Å². The molecule has 4 fully saturated rings. The Labute approximate surface area is 134 Å². The molecule has 1 aromatic heterocycles. The first-order valence-electron chi connectivity index (χ1n) is 8.44. The molecule has 0 N–H and O–H groups in total. The SMILES string of the molecule is O=C(CC12CCC(CC1)C2)N1CC2(C1)CN(c1nncs1)C2. The number of amides is 1. The minimum Gasteiger partial charge on any atom is -0.345 e. The molecule has 2 saturated heterocycles. The van der Waals surface area contributed by atoms with Crippen LogP contribution in [0.2, 0.25) is 0 Å². The van der Waals surface area contributed by atoms with Crippen LogP contribution in [0.25, 0.3) is 0 Å². The van der Waals surface area contributed by atoms with Crippen molar-refractivity contribution in [1.82, 2.24) is 15.1 Å². The molecule has 2 bridgehead atoms. The van der Waals surface area contributed by atoms with E-state index >= 15 is 0 Å². The van der Waals surface area contributed by atoms with Crippen molar-refractivity contribution in [2.24, 2.45) is 16.7 Å². The Morgan fingerprint density at radius 2 is 2.05 bits per heavy atom. The second kappa shape index (κ2) is 4.43. The molecule has 0 radical (unpaired) electrons. The lowest BCUT2D eigenvalue weighted by Gasteiger charge is -2.60. The van der Waals surface area contributed by atoms with Crippen molar-refractivity contribution in [2.45, 2.75) is 38.5 Å². The van der Waals surface area contributed by atoms with Gasteiger partial charge in [0.15, 0.2) is 0 Å². The molecule has 1 amide bonds. The normalized spacial score (nSPS) is 34.8. The van der Waals surface area contributed by atoms with E-state index in [9.17, 15) is 4.79 Å². The van der Waals surface area contributed by atoms with Gasteiger partial charge in [-0.1, -0.05) is 11.3 Å².